The Morgan fingerprint density at radius 2 is 2.07 bits per heavy atom. The quantitative estimate of drug-likeness (QED) is 0.555. The molecule has 2 heterocycles. The van der Waals surface area contributed by atoms with Crippen molar-refractivity contribution < 1.29 is 9.18 Å². The predicted molar refractivity (Wildman–Crippen MR) is 109 cm³/mol. The van der Waals surface area contributed by atoms with Crippen molar-refractivity contribution in [3.63, 3.8) is 0 Å². The van der Waals surface area contributed by atoms with Gasteiger partial charge >= 0.3 is 0 Å². The van der Waals surface area contributed by atoms with Crippen molar-refractivity contribution in [2.45, 2.75) is 47.2 Å². The molecule has 0 atom stereocenters. The van der Waals surface area contributed by atoms with Gasteiger partial charge in [0.1, 0.15) is 11.6 Å². The van der Waals surface area contributed by atoms with Gasteiger partial charge in [0, 0.05) is 24.0 Å². The molecule has 0 aliphatic carbocycles. The molecule has 144 valence electrons. The summed E-state index contributed by atoms with van der Waals surface area (Å²) in [6.45, 7) is 10.2. The number of hydrogen-bond donors (Lipinski definition) is 0. The minimum atomic E-state index is -0.292. The van der Waals surface area contributed by atoms with Gasteiger partial charge in [-0.05, 0) is 43.5 Å². The molecular weight excluding hydrogens is 361 g/mol. The van der Waals surface area contributed by atoms with Crippen molar-refractivity contribution in [3.8, 4) is 0 Å². The van der Waals surface area contributed by atoms with Crippen molar-refractivity contribution >= 4 is 28.3 Å². The largest absolute Gasteiger partial charge is 0.330 e. The van der Waals surface area contributed by atoms with Gasteiger partial charge in [0.05, 0.1) is 22.5 Å². The van der Waals surface area contributed by atoms with Crippen LogP contribution in [-0.2, 0) is 13.1 Å². The lowest BCUT2D eigenvalue weighted by Crippen LogP contribution is -2.34. The summed E-state index contributed by atoms with van der Waals surface area (Å²) >= 11 is 1.52. The number of carbonyl (C=O) groups excluding carboxylic acids is 1. The van der Waals surface area contributed by atoms with Gasteiger partial charge in [0.15, 0.2) is 0 Å². The molecule has 1 aromatic carbocycles. The van der Waals surface area contributed by atoms with E-state index in [0.717, 1.165) is 34.1 Å². The van der Waals surface area contributed by atoms with Gasteiger partial charge in [-0.2, -0.15) is 0 Å². The van der Waals surface area contributed by atoms with Gasteiger partial charge < -0.3 is 9.47 Å². The number of aromatic nitrogens is 2. The summed E-state index contributed by atoms with van der Waals surface area (Å²) in [4.78, 5) is 21.5. The zero-order valence-corrected chi connectivity index (χ0v) is 17.1. The number of imidazole rings is 1. The Balaban J connectivity index is 1.97. The number of thiophene rings is 1. The number of amides is 1. The van der Waals surface area contributed by atoms with Gasteiger partial charge in [-0.1, -0.05) is 20.8 Å². The molecule has 27 heavy (non-hydrogen) atoms. The highest BCUT2D eigenvalue weighted by molar-refractivity contribution is 7.13. The number of benzene rings is 1. The fraction of sp³-hybridized carbons (Fsp3) is 0.429. The molecule has 0 fully saturated rings. The lowest BCUT2D eigenvalue weighted by Gasteiger charge is -2.24. The minimum absolute atomic E-state index is 0.0306. The molecule has 0 saturated heterocycles. The molecule has 0 aliphatic rings. The molecule has 4 nitrogen and oxygen atoms in total. The number of nitrogens with zero attached hydrogens (tertiary/aromatic N) is 3. The summed E-state index contributed by atoms with van der Waals surface area (Å²) in [5.74, 6) is 0.888. The molecule has 0 aliphatic heterocycles. The van der Waals surface area contributed by atoms with Crippen LogP contribution in [0.5, 0.6) is 0 Å². The summed E-state index contributed by atoms with van der Waals surface area (Å²) in [7, 11) is 0. The zero-order valence-electron chi connectivity index (χ0n) is 16.3. The van der Waals surface area contributed by atoms with Gasteiger partial charge in [-0.3, -0.25) is 4.79 Å². The third kappa shape index (κ3) is 4.38. The number of fused-ring (bicyclic) bond motifs is 1. The van der Waals surface area contributed by atoms with E-state index in [1.54, 1.807) is 6.07 Å². The Bertz CT molecular complexity index is 944. The zero-order chi connectivity index (χ0) is 19.6. The minimum Gasteiger partial charge on any atom is -0.330 e. The van der Waals surface area contributed by atoms with E-state index in [1.165, 1.54) is 23.5 Å². The van der Waals surface area contributed by atoms with Crippen LogP contribution in [-0.4, -0.2) is 26.9 Å². The average molecular weight is 388 g/mol. The van der Waals surface area contributed by atoms with E-state index in [2.05, 4.69) is 30.3 Å². The first kappa shape index (κ1) is 19.5. The van der Waals surface area contributed by atoms with Crippen LogP contribution in [0, 0.1) is 18.7 Å². The van der Waals surface area contributed by atoms with Crippen LogP contribution in [0.3, 0.4) is 0 Å². The summed E-state index contributed by atoms with van der Waals surface area (Å²) < 4.78 is 15.7. The van der Waals surface area contributed by atoms with Crippen LogP contribution in [0.1, 0.15) is 47.6 Å². The molecule has 6 heteroatoms. The molecule has 0 unspecified atom stereocenters. The van der Waals surface area contributed by atoms with Crippen LogP contribution < -0.4 is 0 Å². The van der Waals surface area contributed by atoms with E-state index >= 15 is 0 Å². The van der Waals surface area contributed by atoms with E-state index in [-0.39, 0.29) is 11.7 Å². The smallest absolute Gasteiger partial charge is 0.264 e. The van der Waals surface area contributed by atoms with Gasteiger partial charge in [0.2, 0.25) is 0 Å². The van der Waals surface area contributed by atoms with E-state index in [9.17, 15) is 9.18 Å². The SMILES string of the molecule is CCCn1c(CN(CC(C)C)C(=O)c2ccc(C)s2)nc2cc(F)ccc21. The molecule has 1 amide bonds. The van der Waals surface area contributed by atoms with Gasteiger partial charge in [-0.25, -0.2) is 9.37 Å². The summed E-state index contributed by atoms with van der Waals surface area (Å²) in [5.41, 5.74) is 1.56. The molecular formula is C21H26FN3OS. The van der Waals surface area contributed by atoms with Crippen molar-refractivity contribution in [2.75, 3.05) is 6.54 Å². The highest BCUT2D eigenvalue weighted by atomic mass is 32.1. The maximum absolute atomic E-state index is 13.6. The Morgan fingerprint density at radius 1 is 1.30 bits per heavy atom. The van der Waals surface area contributed by atoms with Crippen molar-refractivity contribution in [3.05, 3.63) is 51.7 Å². The van der Waals surface area contributed by atoms with Crippen molar-refractivity contribution in [1.29, 1.82) is 0 Å². The maximum atomic E-state index is 13.6. The first-order chi connectivity index (χ1) is 12.9. The predicted octanol–water partition coefficient (Wildman–Crippen LogP) is 5.25. The second-order valence-electron chi connectivity index (χ2n) is 7.30. The summed E-state index contributed by atoms with van der Waals surface area (Å²) in [6.07, 6.45) is 0.943. The molecule has 0 spiro atoms. The molecule has 3 rings (SSSR count). The number of halogens is 1. The highest BCUT2D eigenvalue weighted by Crippen LogP contribution is 2.22. The Kier molecular flexibility index (Phi) is 5.95. The van der Waals surface area contributed by atoms with Crippen LogP contribution >= 0.6 is 11.3 Å². The first-order valence-electron chi connectivity index (χ1n) is 9.39. The molecule has 2 aromatic heterocycles. The van der Waals surface area contributed by atoms with Crippen LogP contribution in [0.25, 0.3) is 11.0 Å². The number of carbonyl (C=O) groups is 1. The standard InChI is InChI=1S/C21H26FN3OS/c1-5-10-25-18-8-7-16(22)11-17(18)23-20(25)13-24(12-14(2)3)21(26)19-9-6-15(4)27-19/h6-9,11,14H,5,10,12-13H2,1-4H3. The fourth-order valence-electron chi connectivity index (χ4n) is 3.28. The van der Waals surface area contributed by atoms with E-state index < -0.39 is 0 Å². The Morgan fingerprint density at radius 3 is 2.70 bits per heavy atom. The topological polar surface area (TPSA) is 38.1 Å². The number of rotatable bonds is 7. The van der Waals surface area contributed by atoms with Gasteiger partial charge in [-0.15, -0.1) is 11.3 Å². The Hall–Kier alpha value is -2.21. The lowest BCUT2D eigenvalue weighted by molar-refractivity contribution is 0.0721. The van der Waals surface area contributed by atoms with Crippen LogP contribution in [0.4, 0.5) is 4.39 Å². The Labute approximate surface area is 163 Å². The molecule has 3 aromatic rings. The highest BCUT2D eigenvalue weighted by Gasteiger charge is 2.22. The van der Waals surface area contributed by atoms with Gasteiger partial charge in [0.25, 0.3) is 5.91 Å². The van der Waals surface area contributed by atoms with E-state index in [1.807, 2.05) is 24.0 Å². The third-order valence-corrected chi connectivity index (χ3v) is 5.38. The molecule has 0 radical (unpaired) electrons. The second-order valence-corrected chi connectivity index (χ2v) is 8.59. The summed E-state index contributed by atoms with van der Waals surface area (Å²) in [6, 6.07) is 8.56. The number of aryl methyl sites for hydroxylation is 2. The normalized spacial score (nSPS) is 11.5. The average Bonchev–Trinajstić information content (AvgIpc) is 3.17. The maximum Gasteiger partial charge on any atom is 0.264 e. The third-order valence-electron chi connectivity index (χ3n) is 4.39. The lowest BCUT2D eigenvalue weighted by atomic mass is 10.2. The first-order valence-corrected chi connectivity index (χ1v) is 10.2. The van der Waals surface area contributed by atoms with Crippen molar-refractivity contribution in [2.24, 2.45) is 5.92 Å². The van der Waals surface area contributed by atoms with Crippen LogP contribution in [0.15, 0.2) is 30.3 Å². The summed E-state index contributed by atoms with van der Waals surface area (Å²) in [5, 5.41) is 0. The molecule has 0 bridgehead atoms. The molecule has 0 saturated carbocycles. The fourth-order valence-corrected chi connectivity index (χ4v) is 4.12. The monoisotopic (exact) mass is 387 g/mol. The number of hydrogen-bond acceptors (Lipinski definition) is 3. The van der Waals surface area contributed by atoms with E-state index in [0.29, 0.717) is 24.5 Å². The van der Waals surface area contributed by atoms with E-state index in [4.69, 9.17) is 0 Å². The molecule has 0 N–H and O–H groups in total. The van der Waals surface area contributed by atoms with Crippen molar-refractivity contribution in [1.82, 2.24) is 14.5 Å². The van der Waals surface area contributed by atoms with Crippen LogP contribution in [0.2, 0.25) is 0 Å². The second kappa shape index (κ2) is 8.21.